The Morgan fingerprint density at radius 3 is 2.39 bits per heavy atom. The molecule has 0 fully saturated rings. The first-order valence-electron chi connectivity index (χ1n) is 5.81. The largest absolute Gasteiger partial charge is 0.480 e. The highest BCUT2D eigenvalue weighted by Gasteiger charge is 2.41. The third-order valence-corrected chi connectivity index (χ3v) is 3.92. The number of carboxylic acid groups (broad SMARTS) is 1. The molecule has 1 aromatic carbocycles. The van der Waals surface area contributed by atoms with E-state index >= 15 is 0 Å². The van der Waals surface area contributed by atoms with Crippen LogP contribution in [0.1, 0.15) is 26.3 Å². The Bertz CT molecular complexity index is 449. The smallest absolute Gasteiger partial charge is 0.328 e. The highest BCUT2D eigenvalue weighted by molar-refractivity contribution is 9.10. The average Bonchev–Trinajstić information content (AvgIpc) is 2.29. The molecule has 1 N–H and O–H groups in total. The molecule has 0 saturated carbocycles. The van der Waals surface area contributed by atoms with Gasteiger partial charge in [0.1, 0.15) is 11.4 Å². The van der Waals surface area contributed by atoms with Crippen molar-refractivity contribution in [3.8, 4) is 0 Å². The molecule has 0 amide bonds. The van der Waals surface area contributed by atoms with Crippen molar-refractivity contribution in [2.24, 2.45) is 0 Å². The second kappa shape index (κ2) is 5.80. The molecule has 1 aromatic rings. The second-order valence-corrected chi connectivity index (χ2v) is 5.03. The third kappa shape index (κ3) is 2.57. The number of rotatable bonds is 5. The average molecular weight is 318 g/mol. The van der Waals surface area contributed by atoms with Gasteiger partial charge in [0.2, 0.25) is 0 Å². The van der Waals surface area contributed by atoms with E-state index < -0.39 is 17.3 Å². The van der Waals surface area contributed by atoms with E-state index in [4.69, 9.17) is 0 Å². The first kappa shape index (κ1) is 15.1. The highest BCUT2D eigenvalue weighted by Crippen LogP contribution is 2.34. The van der Waals surface area contributed by atoms with Gasteiger partial charge in [-0.1, -0.05) is 35.8 Å². The molecule has 1 atom stereocenters. The summed E-state index contributed by atoms with van der Waals surface area (Å²) in [7, 11) is 0. The Morgan fingerprint density at radius 1 is 1.44 bits per heavy atom. The summed E-state index contributed by atoms with van der Waals surface area (Å²) in [4.78, 5) is 13.5. The van der Waals surface area contributed by atoms with Crippen molar-refractivity contribution in [1.29, 1.82) is 0 Å². The van der Waals surface area contributed by atoms with Crippen LogP contribution in [0.25, 0.3) is 0 Å². The molecule has 0 aliphatic rings. The van der Waals surface area contributed by atoms with E-state index in [0.717, 1.165) is 0 Å². The van der Waals surface area contributed by atoms with Crippen LogP contribution < -0.4 is 0 Å². The lowest BCUT2D eigenvalue weighted by atomic mass is 9.90. The van der Waals surface area contributed by atoms with E-state index in [1.807, 2.05) is 18.7 Å². The van der Waals surface area contributed by atoms with Crippen LogP contribution >= 0.6 is 15.9 Å². The lowest BCUT2D eigenvalue weighted by molar-refractivity contribution is -0.151. The van der Waals surface area contributed by atoms with Crippen LogP contribution in [-0.2, 0) is 10.3 Å². The van der Waals surface area contributed by atoms with Crippen molar-refractivity contribution >= 4 is 21.9 Å². The van der Waals surface area contributed by atoms with Crippen molar-refractivity contribution < 1.29 is 14.3 Å². The predicted octanol–water partition coefficient (Wildman–Crippen LogP) is 3.23. The summed E-state index contributed by atoms with van der Waals surface area (Å²) in [5, 5.41) is 9.56. The first-order valence-corrected chi connectivity index (χ1v) is 6.61. The predicted molar refractivity (Wildman–Crippen MR) is 72.0 cm³/mol. The lowest BCUT2D eigenvalue weighted by Gasteiger charge is -2.37. The van der Waals surface area contributed by atoms with Crippen molar-refractivity contribution in [2.45, 2.75) is 26.3 Å². The van der Waals surface area contributed by atoms with Crippen molar-refractivity contribution in [3.05, 3.63) is 34.1 Å². The number of hydrogen-bond donors (Lipinski definition) is 1. The molecular weight excluding hydrogens is 301 g/mol. The van der Waals surface area contributed by atoms with E-state index in [0.29, 0.717) is 23.1 Å². The number of halogens is 2. The summed E-state index contributed by atoms with van der Waals surface area (Å²) < 4.78 is 13.6. The fourth-order valence-corrected chi connectivity index (χ4v) is 2.90. The van der Waals surface area contributed by atoms with Gasteiger partial charge in [0, 0.05) is 4.47 Å². The third-order valence-electron chi connectivity index (χ3n) is 3.27. The molecule has 0 saturated heterocycles. The zero-order valence-electron chi connectivity index (χ0n) is 10.7. The van der Waals surface area contributed by atoms with Gasteiger partial charge in [-0.3, -0.25) is 4.90 Å². The summed E-state index contributed by atoms with van der Waals surface area (Å²) in [5.74, 6) is -1.34. The molecule has 0 radical (unpaired) electrons. The van der Waals surface area contributed by atoms with Gasteiger partial charge >= 0.3 is 5.97 Å². The lowest BCUT2D eigenvalue weighted by Crippen LogP contribution is -2.50. The van der Waals surface area contributed by atoms with Crippen molar-refractivity contribution in [1.82, 2.24) is 4.90 Å². The maximum absolute atomic E-state index is 13.1. The van der Waals surface area contributed by atoms with Gasteiger partial charge < -0.3 is 5.11 Å². The molecule has 3 nitrogen and oxygen atoms in total. The molecule has 5 heteroatoms. The Morgan fingerprint density at radius 2 is 2.00 bits per heavy atom. The van der Waals surface area contributed by atoms with E-state index in [1.165, 1.54) is 18.2 Å². The monoisotopic (exact) mass is 317 g/mol. The second-order valence-electron chi connectivity index (χ2n) is 4.17. The molecule has 0 aromatic heterocycles. The minimum absolute atomic E-state index is 0.391. The van der Waals surface area contributed by atoms with E-state index in [2.05, 4.69) is 15.9 Å². The van der Waals surface area contributed by atoms with Crippen LogP contribution in [0.5, 0.6) is 0 Å². The van der Waals surface area contributed by atoms with Crippen molar-refractivity contribution in [2.75, 3.05) is 13.1 Å². The van der Waals surface area contributed by atoms with Gasteiger partial charge in [-0.05, 0) is 37.7 Å². The zero-order valence-corrected chi connectivity index (χ0v) is 12.3. The number of carboxylic acids is 1. The Hall–Kier alpha value is -0.940. The highest BCUT2D eigenvalue weighted by atomic mass is 79.9. The molecule has 0 heterocycles. The van der Waals surface area contributed by atoms with Crippen LogP contribution in [0.4, 0.5) is 4.39 Å². The summed E-state index contributed by atoms with van der Waals surface area (Å²) in [6.45, 7) is 6.65. The van der Waals surface area contributed by atoms with Gasteiger partial charge in [0.25, 0.3) is 0 Å². The van der Waals surface area contributed by atoms with Crippen LogP contribution in [-0.4, -0.2) is 29.1 Å². The number of aliphatic carboxylic acids is 1. The van der Waals surface area contributed by atoms with Crippen LogP contribution in [0, 0.1) is 5.82 Å². The van der Waals surface area contributed by atoms with E-state index in [9.17, 15) is 14.3 Å². The molecule has 100 valence electrons. The summed E-state index contributed by atoms with van der Waals surface area (Å²) in [6, 6.07) is 4.09. The number of benzene rings is 1. The molecule has 1 unspecified atom stereocenters. The molecule has 0 aliphatic heterocycles. The van der Waals surface area contributed by atoms with Gasteiger partial charge in [-0.25, -0.2) is 9.18 Å². The molecule has 0 aliphatic carbocycles. The van der Waals surface area contributed by atoms with Gasteiger partial charge in [0.05, 0.1) is 0 Å². The Labute approximate surface area is 115 Å². The topological polar surface area (TPSA) is 40.5 Å². The maximum atomic E-state index is 13.1. The minimum atomic E-state index is -1.17. The molecule has 0 bridgehead atoms. The van der Waals surface area contributed by atoms with Crippen LogP contribution in [0.3, 0.4) is 0 Å². The fourth-order valence-electron chi connectivity index (χ4n) is 2.16. The first-order chi connectivity index (χ1) is 8.37. The fraction of sp³-hybridized carbons (Fsp3) is 0.462. The van der Waals surface area contributed by atoms with Crippen LogP contribution in [0.2, 0.25) is 0 Å². The molecule has 1 rings (SSSR count). The molecule has 18 heavy (non-hydrogen) atoms. The standard InChI is InChI=1S/C13H17BrFNO2/c1-4-16(5-2)13(3,12(17)18)10-7-6-9(15)8-11(10)14/h6-8H,4-5H2,1-3H3,(H,17,18). The summed E-state index contributed by atoms with van der Waals surface area (Å²) in [6.07, 6.45) is 0. The summed E-state index contributed by atoms with van der Waals surface area (Å²) in [5.41, 5.74) is -0.615. The number of carbonyl (C=O) groups is 1. The number of hydrogen-bond acceptors (Lipinski definition) is 2. The minimum Gasteiger partial charge on any atom is -0.480 e. The van der Waals surface area contributed by atoms with Crippen LogP contribution in [0.15, 0.2) is 22.7 Å². The SMILES string of the molecule is CCN(CC)C(C)(C(=O)O)c1ccc(F)cc1Br. The Kier molecular flexibility index (Phi) is 4.87. The summed E-state index contributed by atoms with van der Waals surface area (Å²) >= 11 is 3.25. The van der Waals surface area contributed by atoms with Crippen molar-refractivity contribution in [3.63, 3.8) is 0 Å². The van der Waals surface area contributed by atoms with Gasteiger partial charge in [-0.15, -0.1) is 0 Å². The van der Waals surface area contributed by atoms with E-state index in [1.54, 1.807) is 6.92 Å². The van der Waals surface area contributed by atoms with Gasteiger partial charge in [0.15, 0.2) is 0 Å². The van der Waals surface area contributed by atoms with E-state index in [-0.39, 0.29) is 0 Å². The number of likely N-dealkylation sites (N-methyl/N-ethyl adjacent to an activating group) is 1. The normalized spacial score (nSPS) is 14.6. The van der Waals surface area contributed by atoms with Gasteiger partial charge in [-0.2, -0.15) is 0 Å². The Balaban J connectivity index is 3.40. The molecular formula is C13H17BrFNO2. The maximum Gasteiger partial charge on any atom is 0.328 e. The zero-order chi connectivity index (χ0) is 13.9. The number of nitrogens with zero attached hydrogens (tertiary/aromatic N) is 1. The quantitative estimate of drug-likeness (QED) is 0.906. The molecule has 0 spiro atoms.